The van der Waals surface area contributed by atoms with Gasteiger partial charge in [0.15, 0.2) is 0 Å². The van der Waals surface area contributed by atoms with Gasteiger partial charge in [0.2, 0.25) is 0 Å². The second-order valence-electron chi connectivity index (χ2n) is 10.6. The fourth-order valence-electron chi connectivity index (χ4n) is 4.39. The Kier molecular flexibility index (Phi) is 11.3. The molecular formula is C36H42N4O2. The molecule has 6 heteroatoms. The smallest absolute Gasteiger partial charge is 0.253 e. The molecule has 3 rings (SSSR count). The van der Waals surface area contributed by atoms with Gasteiger partial charge in [0.1, 0.15) is 0 Å². The molecule has 1 unspecified atom stereocenters. The van der Waals surface area contributed by atoms with E-state index in [2.05, 4.69) is 25.7 Å². The van der Waals surface area contributed by atoms with E-state index in [1.165, 1.54) is 0 Å². The number of anilines is 1. The molecule has 1 atom stereocenters. The Morgan fingerprint density at radius 1 is 1.05 bits per heavy atom. The second-order valence-corrected chi connectivity index (χ2v) is 10.6. The number of amides is 2. The maximum Gasteiger partial charge on any atom is 0.253 e. The molecule has 0 heterocycles. The first-order valence-electron chi connectivity index (χ1n) is 14.3. The third-order valence-corrected chi connectivity index (χ3v) is 7.47. The van der Waals surface area contributed by atoms with Crippen LogP contribution in [0.3, 0.4) is 0 Å². The lowest BCUT2D eigenvalue weighted by Gasteiger charge is -2.19. The fraction of sp³-hybridized carbons (Fsp3) is 0.278. The largest absolute Gasteiger partial charge is 0.336 e. The minimum absolute atomic E-state index is 0.115. The first-order valence-corrected chi connectivity index (χ1v) is 14.3. The van der Waals surface area contributed by atoms with Gasteiger partial charge in [0.25, 0.3) is 11.8 Å². The number of nitrogens with zero attached hydrogens (tertiary/aromatic N) is 3. The van der Waals surface area contributed by atoms with Gasteiger partial charge in [-0.05, 0) is 75.9 Å². The summed E-state index contributed by atoms with van der Waals surface area (Å²) in [7, 11) is 1.77. The van der Waals surface area contributed by atoms with Crippen LogP contribution in [0.4, 0.5) is 5.69 Å². The number of hydrogen-bond acceptors (Lipinski definition) is 4. The zero-order chi connectivity index (χ0) is 30.8. The summed E-state index contributed by atoms with van der Waals surface area (Å²) in [6.45, 7) is 16.6. The summed E-state index contributed by atoms with van der Waals surface area (Å²) < 4.78 is 0. The lowest BCUT2D eigenvalue weighted by molar-refractivity contribution is -0.112. The maximum absolute atomic E-state index is 13.2. The predicted octanol–water partition coefficient (Wildman–Crippen LogP) is 7.97. The van der Waals surface area contributed by atoms with E-state index in [1.54, 1.807) is 43.1 Å². The van der Waals surface area contributed by atoms with Crippen LogP contribution in [0, 0.1) is 12.8 Å². The first kappa shape index (κ1) is 31.9. The van der Waals surface area contributed by atoms with Gasteiger partial charge in [-0.15, -0.1) is 0 Å². The summed E-state index contributed by atoms with van der Waals surface area (Å²) in [5, 5.41) is 2.94. The number of carbonyl (C=O) groups is 2. The summed E-state index contributed by atoms with van der Waals surface area (Å²) in [5.41, 5.74) is 7.66. The number of allylic oxidation sites excluding steroid dienone is 6. The monoisotopic (exact) mass is 562 g/mol. The quantitative estimate of drug-likeness (QED) is 0.236. The van der Waals surface area contributed by atoms with Crippen molar-refractivity contribution < 1.29 is 9.59 Å². The average Bonchev–Trinajstić information content (AvgIpc) is 3.00. The molecule has 218 valence electrons. The van der Waals surface area contributed by atoms with Crippen LogP contribution in [0.2, 0.25) is 0 Å². The molecule has 0 aromatic heterocycles. The van der Waals surface area contributed by atoms with Crippen molar-refractivity contribution in [2.45, 2.75) is 48.0 Å². The van der Waals surface area contributed by atoms with E-state index >= 15 is 0 Å². The van der Waals surface area contributed by atoms with Crippen molar-refractivity contribution in [2.75, 3.05) is 18.9 Å². The first-order chi connectivity index (χ1) is 20.0. The van der Waals surface area contributed by atoms with Gasteiger partial charge in [-0.2, -0.15) is 0 Å². The molecule has 2 aromatic carbocycles. The number of carbonyl (C=O) groups excluding carboxylic acids is 2. The Bertz CT molecular complexity index is 1520. The van der Waals surface area contributed by atoms with Gasteiger partial charge < -0.3 is 10.2 Å². The van der Waals surface area contributed by atoms with Crippen molar-refractivity contribution in [1.82, 2.24) is 4.90 Å². The third-order valence-electron chi connectivity index (χ3n) is 7.47. The molecule has 2 aromatic rings. The van der Waals surface area contributed by atoms with E-state index in [4.69, 9.17) is 9.98 Å². The van der Waals surface area contributed by atoms with Crippen LogP contribution in [0.5, 0.6) is 0 Å². The molecule has 1 N–H and O–H groups in total. The minimum Gasteiger partial charge on any atom is -0.336 e. The van der Waals surface area contributed by atoms with Crippen LogP contribution in [0.25, 0.3) is 5.70 Å². The van der Waals surface area contributed by atoms with Gasteiger partial charge >= 0.3 is 0 Å². The molecule has 0 saturated carbocycles. The highest BCUT2D eigenvalue weighted by molar-refractivity contribution is 6.19. The van der Waals surface area contributed by atoms with E-state index in [0.29, 0.717) is 40.7 Å². The molecule has 0 saturated heterocycles. The normalized spacial score (nSPS) is 16.3. The number of likely N-dealkylation sites (N-methyl/N-ethyl adjacent to an activating group) is 1. The number of aliphatic imine (C=N–C) groups is 2. The van der Waals surface area contributed by atoms with Crippen molar-refractivity contribution in [3.63, 3.8) is 0 Å². The minimum atomic E-state index is -0.248. The van der Waals surface area contributed by atoms with Crippen molar-refractivity contribution in [1.29, 1.82) is 0 Å². The summed E-state index contributed by atoms with van der Waals surface area (Å²) in [6, 6.07) is 14.9. The molecule has 0 spiro atoms. The van der Waals surface area contributed by atoms with Crippen LogP contribution >= 0.6 is 0 Å². The molecule has 0 bridgehead atoms. The Balaban J connectivity index is 1.71. The molecule has 1 aliphatic carbocycles. The molecule has 1 aliphatic rings. The standard InChI is InChI=1S/C36H42N4O2/c1-9-24(3)27(6)37-30(10-2)23-40(8)36(42)29-19-21-31(22-20-29)39-35(41)26(5)33-17-13-14-18-34(33)38-28(7)32-16-12-11-15-25(32)4/h10-22,24H,7,9,23H2,1-6,8H3,(H,39,41)/b30-10-,33-26+,37-27?,38-34?. The van der Waals surface area contributed by atoms with E-state index in [9.17, 15) is 9.59 Å². The Morgan fingerprint density at radius 3 is 2.36 bits per heavy atom. The summed E-state index contributed by atoms with van der Waals surface area (Å²) in [6.07, 6.45) is 10.5. The topological polar surface area (TPSA) is 74.1 Å². The lowest BCUT2D eigenvalue weighted by Crippen LogP contribution is -2.28. The zero-order valence-electron chi connectivity index (χ0n) is 25.9. The Labute approximate surface area is 250 Å². The van der Waals surface area contributed by atoms with Crippen LogP contribution in [-0.2, 0) is 4.79 Å². The maximum atomic E-state index is 13.2. The van der Waals surface area contributed by atoms with Gasteiger partial charge in [0.05, 0.1) is 23.7 Å². The van der Waals surface area contributed by atoms with Crippen LogP contribution in [0.1, 0.15) is 62.5 Å². The van der Waals surface area contributed by atoms with Gasteiger partial charge in [-0.1, -0.05) is 69.0 Å². The van der Waals surface area contributed by atoms with E-state index in [-0.39, 0.29) is 11.8 Å². The van der Waals surface area contributed by atoms with Crippen LogP contribution in [-0.4, -0.2) is 41.7 Å². The molecule has 2 amide bonds. The molecule has 42 heavy (non-hydrogen) atoms. The SMILES string of the molecule is C=C(N=C1C=CC=C/C1=C(/C)C(=O)Nc1ccc(C(=O)N(C)C/C(=C/C)N=C(C)C(C)CC)cc1)c1ccccc1C. The van der Waals surface area contributed by atoms with Gasteiger partial charge in [-0.25, -0.2) is 4.99 Å². The third kappa shape index (κ3) is 8.23. The highest BCUT2D eigenvalue weighted by Gasteiger charge is 2.17. The molecular weight excluding hydrogens is 520 g/mol. The summed E-state index contributed by atoms with van der Waals surface area (Å²) in [4.78, 5) is 37.4. The fourth-order valence-corrected chi connectivity index (χ4v) is 4.39. The predicted molar refractivity (Wildman–Crippen MR) is 177 cm³/mol. The average molecular weight is 563 g/mol. The number of hydrogen-bond donors (Lipinski definition) is 1. The van der Waals surface area contributed by atoms with Crippen LogP contribution in [0.15, 0.2) is 112 Å². The van der Waals surface area contributed by atoms with Crippen molar-refractivity contribution in [3.05, 3.63) is 119 Å². The van der Waals surface area contributed by atoms with Gasteiger partial charge in [0, 0.05) is 40.7 Å². The van der Waals surface area contributed by atoms with Crippen molar-refractivity contribution in [2.24, 2.45) is 15.9 Å². The lowest BCUT2D eigenvalue weighted by atomic mass is 9.98. The van der Waals surface area contributed by atoms with Crippen molar-refractivity contribution in [3.8, 4) is 0 Å². The Morgan fingerprint density at radius 2 is 1.71 bits per heavy atom. The van der Waals surface area contributed by atoms with Gasteiger partial charge in [-0.3, -0.25) is 14.6 Å². The number of nitrogens with one attached hydrogen (secondary N) is 1. The number of benzene rings is 2. The number of rotatable bonds is 10. The van der Waals surface area contributed by atoms with Crippen LogP contribution < -0.4 is 5.32 Å². The summed E-state index contributed by atoms with van der Waals surface area (Å²) in [5.74, 6) is 0.0314. The number of aryl methyl sites for hydroxylation is 1. The highest BCUT2D eigenvalue weighted by Crippen LogP contribution is 2.23. The van der Waals surface area contributed by atoms with Crippen molar-refractivity contribution >= 4 is 34.6 Å². The molecule has 0 fully saturated rings. The molecule has 6 nitrogen and oxygen atoms in total. The summed E-state index contributed by atoms with van der Waals surface area (Å²) >= 11 is 0. The Hall–Kier alpha value is -4.58. The highest BCUT2D eigenvalue weighted by atomic mass is 16.2. The molecule has 0 radical (unpaired) electrons. The molecule has 0 aliphatic heterocycles. The zero-order valence-corrected chi connectivity index (χ0v) is 25.9. The van der Waals surface area contributed by atoms with E-state index in [0.717, 1.165) is 34.5 Å². The van der Waals surface area contributed by atoms with E-state index in [1.807, 2.05) is 75.4 Å². The van der Waals surface area contributed by atoms with E-state index < -0.39 is 0 Å². The second kappa shape index (κ2) is 14.9.